The first-order valence-electron chi connectivity index (χ1n) is 3.81. The van der Waals surface area contributed by atoms with Crippen LogP contribution in [-0.2, 0) is 4.74 Å². The van der Waals surface area contributed by atoms with Crippen LogP contribution < -0.4 is 0 Å². The number of hydrogen-bond acceptors (Lipinski definition) is 3. The van der Waals surface area contributed by atoms with Gasteiger partial charge in [-0.05, 0) is 19.8 Å². The van der Waals surface area contributed by atoms with Gasteiger partial charge in [0.1, 0.15) is 5.44 Å². The summed E-state index contributed by atoms with van der Waals surface area (Å²) in [6.45, 7) is 9.05. The van der Waals surface area contributed by atoms with Crippen LogP contribution in [0.25, 0.3) is 0 Å². The lowest BCUT2D eigenvalue weighted by Gasteiger charge is -2.12. The maximum Gasteiger partial charge on any atom is 0.105 e. The van der Waals surface area contributed by atoms with Gasteiger partial charge >= 0.3 is 0 Å². The van der Waals surface area contributed by atoms with Crippen molar-refractivity contribution in [3.63, 3.8) is 0 Å². The molecule has 3 heteroatoms. The van der Waals surface area contributed by atoms with E-state index in [-0.39, 0.29) is 5.44 Å². The fourth-order valence-corrected chi connectivity index (χ4v) is 1.62. The van der Waals surface area contributed by atoms with Gasteiger partial charge in [-0.2, -0.15) is 0 Å². The molecule has 0 saturated carbocycles. The summed E-state index contributed by atoms with van der Waals surface area (Å²) in [6.07, 6.45) is 0. The fourth-order valence-electron chi connectivity index (χ4n) is 0.596. The zero-order valence-corrected chi connectivity index (χ0v) is 9.22. The molecule has 0 aromatic heterocycles. The topological polar surface area (TPSA) is 9.23 Å². The van der Waals surface area contributed by atoms with E-state index in [9.17, 15) is 0 Å². The Hall–Kier alpha value is 0.400. The molecule has 0 radical (unpaired) electrons. The molecule has 0 rings (SSSR count). The highest BCUT2D eigenvalue weighted by Crippen LogP contribution is 2.14. The Morgan fingerprint density at radius 2 is 2.00 bits per heavy atom. The summed E-state index contributed by atoms with van der Waals surface area (Å²) >= 11 is 6.54. The second kappa shape index (κ2) is 5.98. The Labute approximate surface area is 78.9 Å². The Bertz CT molecular complexity index is 123. The van der Waals surface area contributed by atoms with Crippen molar-refractivity contribution < 1.29 is 4.74 Å². The Morgan fingerprint density at radius 3 is 2.36 bits per heavy atom. The smallest absolute Gasteiger partial charge is 0.105 e. The first-order valence-corrected chi connectivity index (χ1v) is 5.10. The van der Waals surface area contributed by atoms with E-state index in [0.717, 1.165) is 10.8 Å². The summed E-state index contributed by atoms with van der Waals surface area (Å²) in [5.74, 6) is 0.600. The van der Waals surface area contributed by atoms with Crippen LogP contribution in [0, 0.1) is 5.92 Å². The molecule has 11 heavy (non-hydrogen) atoms. The van der Waals surface area contributed by atoms with Crippen LogP contribution in [0.2, 0.25) is 0 Å². The van der Waals surface area contributed by atoms with Gasteiger partial charge in [-0.25, -0.2) is 0 Å². The molecule has 0 aromatic carbocycles. The van der Waals surface area contributed by atoms with Crippen molar-refractivity contribution in [2.45, 2.75) is 33.1 Å². The van der Waals surface area contributed by atoms with E-state index in [1.165, 1.54) is 0 Å². The molecular formula is C8H16OS2. The number of thiocarbonyl (C=S) groups is 1. The molecule has 66 valence electrons. The highest BCUT2D eigenvalue weighted by Gasteiger charge is 2.04. The van der Waals surface area contributed by atoms with Crippen LogP contribution in [0.3, 0.4) is 0 Å². The predicted octanol–water partition coefficient (Wildman–Crippen LogP) is 3.09. The quantitative estimate of drug-likeness (QED) is 0.500. The van der Waals surface area contributed by atoms with Crippen molar-refractivity contribution in [1.29, 1.82) is 0 Å². The van der Waals surface area contributed by atoms with Crippen molar-refractivity contribution >= 4 is 28.2 Å². The Morgan fingerprint density at radius 1 is 1.45 bits per heavy atom. The van der Waals surface area contributed by atoms with Gasteiger partial charge in [-0.3, -0.25) is 0 Å². The van der Waals surface area contributed by atoms with Crippen LogP contribution in [0.1, 0.15) is 27.7 Å². The lowest BCUT2D eigenvalue weighted by molar-refractivity contribution is 0.101. The van der Waals surface area contributed by atoms with Gasteiger partial charge in [0.25, 0.3) is 0 Å². The molecule has 0 saturated heterocycles. The van der Waals surface area contributed by atoms with Gasteiger partial charge < -0.3 is 4.74 Å². The second-order valence-electron chi connectivity index (χ2n) is 2.90. The molecule has 0 amide bonds. The highest BCUT2D eigenvalue weighted by atomic mass is 32.2. The van der Waals surface area contributed by atoms with Crippen molar-refractivity contribution in [3.05, 3.63) is 0 Å². The van der Waals surface area contributed by atoms with Crippen molar-refractivity contribution in [2.75, 3.05) is 6.61 Å². The molecule has 0 heterocycles. The summed E-state index contributed by atoms with van der Waals surface area (Å²) in [6, 6.07) is 0. The minimum atomic E-state index is 0.204. The molecule has 1 atom stereocenters. The van der Waals surface area contributed by atoms with Crippen molar-refractivity contribution in [1.82, 2.24) is 0 Å². The minimum absolute atomic E-state index is 0.204. The van der Waals surface area contributed by atoms with Crippen molar-refractivity contribution in [2.24, 2.45) is 5.92 Å². The van der Waals surface area contributed by atoms with Crippen LogP contribution >= 0.6 is 24.0 Å². The van der Waals surface area contributed by atoms with Gasteiger partial charge in [0.2, 0.25) is 0 Å². The molecule has 1 unspecified atom stereocenters. The van der Waals surface area contributed by atoms with Gasteiger partial charge in [0, 0.05) is 4.20 Å². The molecule has 0 spiro atoms. The Kier molecular flexibility index (Phi) is 6.19. The number of hydrogen-bond donors (Lipinski definition) is 0. The summed E-state index contributed by atoms with van der Waals surface area (Å²) < 4.78 is 6.44. The lowest BCUT2D eigenvalue weighted by atomic mass is 10.2. The SMILES string of the molecule is CC(=S)SC(C)OCC(C)C. The zero-order chi connectivity index (χ0) is 8.85. The molecule has 0 aromatic rings. The lowest BCUT2D eigenvalue weighted by Crippen LogP contribution is -2.10. The second-order valence-corrected chi connectivity index (χ2v) is 5.29. The van der Waals surface area contributed by atoms with Crippen LogP contribution in [0.4, 0.5) is 0 Å². The maximum absolute atomic E-state index is 5.49. The summed E-state index contributed by atoms with van der Waals surface area (Å²) in [7, 11) is 0. The molecule has 0 aliphatic carbocycles. The average Bonchev–Trinajstić information content (AvgIpc) is 1.82. The summed E-state index contributed by atoms with van der Waals surface area (Å²) in [5, 5.41) is 0. The van der Waals surface area contributed by atoms with E-state index >= 15 is 0 Å². The Balaban J connectivity index is 3.37. The van der Waals surface area contributed by atoms with Gasteiger partial charge in [-0.1, -0.05) is 37.8 Å². The van der Waals surface area contributed by atoms with Crippen molar-refractivity contribution in [3.8, 4) is 0 Å². The van der Waals surface area contributed by atoms with Crippen LogP contribution in [0.15, 0.2) is 0 Å². The molecular weight excluding hydrogens is 176 g/mol. The minimum Gasteiger partial charge on any atom is -0.367 e. The van der Waals surface area contributed by atoms with E-state index in [2.05, 4.69) is 13.8 Å². The molecule has 0 aliphatic heterocycles. The van der Waals surface area contributed by atoms with Crippen LogP contribution in [0.5, 0.6) is 0 Å². The third-order valence-electron chi connectivity index (χ3n) is 0.996. The van der Waals surface area contributed by atoms with Crippen LogP contribution in [-0.4, -0.2) is 16.2 Å². The normalized spacial score (nSPS) is 13.5. The third-order valence-corrected chi connectivity index (χ3v) is 2.08. The standard InChI is InChI=1S/C8H16OS2/c1-6(2)5-9-7(3)11-8(4)10/h6-7H,5H2,1-4H3. The fraction of sp³-hybridized carbons (Fsp3) is 0.875. The first kappa shape index (κ1) is 11.4. The number of rotatable bonds is 4. The van der Waals surface area contributed by atoms with E-state index < -0.39 is 0 Å². The summed E-state index contributed by atoms with van der Waals surface area (Å²) in [5.41, 5.74) is 0.204. The predicted molar refractivity (Wildman–Crippen MR) is 56.1 cm³/mol. The van der Waals surface area contributed by atoms with Gasteiger partial charge in [0.05, 0.1) is 6.61 Å². The largest absolute Gasteiger partial charge is 0.367 e. The van der Waals surface area contributed by atoms with E-state index in [4.69, 9.17) is 17.0 Å². The number of thioether (sulfide) groups is 1. The molecule has 1 nitrogen and oxygen atoms in total. The third kappa shape index (κ3) is 8.30. The highest BCUT2D eigenvalue weighted by molar-refractivity contribution is 8.23. The zero-order valence-electron chi connectivity index (χ0n) is 7.59. The first-order chi connectivity index (χ1) is 5.02. The van der Waals surface area contributed by atoms with E-state index in [1.807, 2.05) is 13.8 Å². The maximum atomic E-state index is 5.49. The molecule has 0 bridgehead atoms. The monoisotopic (exact) mass is 192 g/mol. The van der Waals surface area contributed by atoms with Gasteiger partial charge in [0.15, 0.2) is 0 Å². The molecule has 0 aliphatic rings. The number of ether oxygens (including phenoxy) is 1. The van der Waals surface area contributed by atoms with Gasteiger partial charge in [-0.15, -0.1) is 0 Å². The van der Waals surface area contributed by atoms with E-state index in [0.29, 0.717) is 5.92 Å². The average molecular weight is 192 g/mol. The molecule has 0 N–H and O–H groups in total. The molecule has 0 fully saturated rings. The van der Waals surface area contributed by atoms with E-state index in [1.54, 1.807) is 11.8 Å². The summed E-state index contributed by atoms with van der Waals surface area (Å²) in [4.78, 5) is 0.